The van der Waals surface area contributed by atoms with E-state index in [0.29, 0.717) is 32.6 Å². The van der Waals surface area contributed by atoms with Crippen LogP contribution in [0.15, 0.2) is 30.6 Å². The molecule has 0 aliphatic carbocycles. The molecular weight excluding hydrogens is 304 g/mol. The van der Waals surface area contributed by atoms with E-state index < -0.39 is 5.54 Å². The molecule has 0 N–H and O–H groups in total. The van der Waals surface area contributed by atoms with E-state index in [-0.39, 0.29) is 11.8 Å². The lowest BCUT2D eigenvalue weighted by Crippen LogP contribution is -2.64. The molecule has 128 valence electrons. The molecule has 1 aliphatic heterocycles. The van der Waals surface area contributed by atoms with Crippen molar-refractivity contribution in [1.29, 1.82) is 0 Å². The van der Waals surface area contributed by atoms with Gasteiger partial charge >= 0.3 is 0 Å². The third kappa shape index (κ3) is 2.77. The van der Waals surface area contributed by atoms with Crippen molar-refractivity contribution >= 4 is 22.8 Å². The Morgan fingerprint density at radius 2 is 2.00 bits per heavy atom. The Kier molecular flexibility index (Phi) is 4.30. The van der Waals surface area contributed by atoms with Gasteiger partial charge in [0.05, 0.1) is 17.4 Å². The number of carbonyl (C=O) groups is 2. The van der Waals surface area contributed by atoms with Crippen LogP contribution < -0.4 is 0 Å². The molecular formula is C18H24N4O2. The van der Waals surface area contributed by atoms with Crippen LogP contribution in [0.3, 0.4) is 0 Å². The standard InChI is InChI=1S/C18H24N4O2/c1-4-20-11-12-22(18(2,3)17(20)24)16(23)9-10-21-13-19-14-7-5-6-8-15(14)21/h5-8,13H,4,9-12H2,1-3H3. The number of nitrogens with zero attached hydrogens (tertiary/aromatic N) is 4. The monoisotopic (exact) mass is 328 g/mol. The van der Waals surface area contributed by atoms with E-state index in [0.717, 1.165) is 11.0 Å². The number of amides is 2. The van der Waals surface area contributed by atoms with Gasteiger partial charge < -0.3 is 14.4 Å². The van der Waals surface area contributed by atoms with Crippen LogP contribution >= 0.6 is 0 Å². The van der Waals surface area contributed by atoms with Crippen molar-refractivity contribution < 1.29 is 9.59 Å². The summed E-state index contributed by atoms with van der Waals surface area (Å²) in [7, 11) is 0. The molecule has 1 aliphatic rings. The fraction of sp³-hybridized carbons (Fsp3) is 0.500. The van der Waals surface area contributed by atoms with Gasteiger partial charge in [0, 0.05) is 32.6 Å². The number of carbonyl (C=O) groups excluding carboxylic acids is 2. The highest BCUT2D eigenvalue weighted by Crippen LogP contribution is 2.23. The summed E-state index contributed by atoms with van der Waals surface area (Å²) < 4.78 is 1.99. The molecule has 2 aromatic rings. The van der Waals surface area contributed by atoms with Crippen molar-refractivity contribution in [3.05, 3.63) is 30.6 Å². The third-order valence-electron chi connectivity index (χ3n) is 4.86. The summed E-state index contributed by atoms with van der Waals surface area (Å²) in [5.74, 6) is 0.0413. The zero-order chi connectivity index (χ0) is 17.3. The molecule has 0 unspecified atom stereocenters. The van der Waals surface area contributed by atoms with Gasteiger partial charge in [-0.25, -0.2) is 4.98 Å². The number of benzene rings is 1. The minimum Gasteiger partial charge on any atom is -0.339 e. The summed E-state index contributed by atoms with van der Waals surface area (Å²) in [5, 5.41) is 0. The average Bonchev–Trinajstić information content (AvgIpc) is 2.98. The smallest absolute Gasteiger partial charge is 0.248 e. The lowest BCUT2D eigenvalue weighted by molar-refractivity contribution is -0.158. The molecule has 2 heterocycles. The second-order valence-electron chi connectivity index (χ2n) is 6.67. The fourth-order valence-corrected chi connectivity index (χ4v) is 3.38. The summed E-state index contributed by atoms with van der Waals surface area (Å²) >= 11 is 0. The van der Waals surface area contributed by atoms with E-state index in [1.165, 1.54) is 0 Å². The Balaban J connectivity index is 1.70. The van der Waals surface area contributed by atoms with Gasteiger partial charge in [-0.2, -0.15) is 0 Å². The first-order valence-electron chi connectivity index (χ1n) is 8.45. The fourth-order valence-electron chi connectivity index (χ4n) is 3.38. The SMILES string of the molecule is CCN1CCN(C(=O)CCn2cnc3ccccc32)C(C)(C)C1=O. The Labute approximate surface area is 142 Å². The maximum atomic E-state index is 12.7. The Hall–Kier alpha value is -2.37. The van der Waals surface area contributed by atoms with Crippen LogP contribution in [0.1, 0.15) is 27.2 Å². The molecule has 0 atom stereocenters. The van der Waals surface area contributed by atoms with E-state index >= 15 is 0 Å². The van der Waals surface area contributed by atoms with Crippen LogP contribution in [-0.4, -0.2) is 56.3 Å². The predicted molar refractivity (Wildman–Crippen MR) is 92.4 cm³/mol. The topological polar surface area (TPSA) is 58.4 Å². The predicted octanol–water partition coefficient (Wildman–Crippen LogP) is 1.90. The van der Waals surface area contributed by atoms with Crippen molar-refractivity contribution in [1.82, 2.24) is 19.4 Å². The van der Waals surface area contributed by atoms with Crippen LogP contribution in [0.25, 0.3) is 11.0 Å². The second-order valence-corrected chi connectivity index (χ2v) is 6.67. The minimum absolute atomic E-state index is 0.0156. The van der Waals surface area contributed by atoms with Gasteiger partial charge in [0.2, 0.25) is 11.8 Å². The largest absolute Gasteiger partial charge is 0.339 e. The highest BCUT2D eigenvalue weighted by atomic mass is 16.2. The molecule has 0 saturated carbocycles. The van der Waals surface area contributed by atoms with Crippen LogP contribution in [-0.2, 0) is 16.1 Å². The van der Waals surface area contributed by atoms with Crippen molar-refractivity contribution in [2.24, 2.45) is 0 Å². The van der Waals surface area contributed by atoms with Crippen molar-refractivity contribution in [2.75, 3.05) is 19.6 Å². The van der Waals surface area contributed by atoms with Crippen molar-refractivity contribution in [2.45, 2.75) is 39.3 Å². The van der Waals surface area contributed by atoms with Crippen LogP contribution in [0.5, 0.6) is 0 Å². The highest BCUT2D eigenvalue weighted by Gasteiger charge is 2.43. The van der Waals surface area contributed by atoms with Crippen LogP contribution in [0, 0.1) is 0 Å². The van der Waals surface area contributed by atoms with Crippen LogP contribution in [0.4, 0.5) is 0 Å². The van der Waals surface area contributed by atoms with Gasteiger partial charge in [-0.3, -0.25) is 9.59 Å². The van der Waals surface area contributed by atoms with E-state index in [4.69, 9.17) is 0 Å². The molecule has 3 rings (SSSR count). The van der Waals surface area contributed by atoms with E-state index in [1.807, 2.05) is 54.5 Å². The first-order chi connectivity index (χ1) is 11.4. The maximum Gasteiger partial charge on any atom is 0.248 e. The van der Waals surface area contributed by atoms with Gasteiger partial charge in [0.1, 0.15) is 5.54 Å². The van der Waals surface area contributed by atoms with E-state index in [2.05, 4.69) is 4.98 Å². The second kappa shape index (κ2) is 6.26. The Morgan fingerprint density at radius 3 is 2.75 bits per heavy atom. The van der Waals surface area contributed by atoms with Gasteiger partial charge in [-0.1, -0.05) is 12.1 Å². The third-order valence-corrected chi connectivity index (χ3v) is 4.86. The molecule has 1 aromatic carbocycles. The molecule has 6 nitrogen and oxygen atoms in total. The zero-order valence-electron chi connectivity index (χ0n) is 14.5. The molecule has 24 heavy (non-hydrogen) atoms. The number of aromatic nitrogens is 2. The number of hydrogen-bond acceptors (Lipinski definition) is 3. The molecule has 6 heteroatoms. The Bertz CT molecular complexity index is 765. The lowest BCUT2D eigenvalue weighted by atomic mass is 9.97. The molecule has 0 radical (unpaired) electrons. The molecule has 1 aromatic heterocycles. The van der Waals surface area contributed by atoms with E-state index in [9.17, 15) is 9.59 Å². The number of piperazine rings is 1. The molecule has 1 fully saturated rings. The first-order valence-corrected chi connectivity index (χ1v) is 8.45. The summed E-state index contributed by atoms with van der Waals surface area (Å²) in [6.45, 7) is 8.09. The molecule has 1 saturated heterocycles. The van der Waals surface area contributed by atoms with Gasteiger partial charge in [0.15, 0.2) is 0 Å². The van der Waals surface area contributed by atoms with Gasteiger partial charge in [-0.15, -0.1) is 0 Å². The van der Waals surface area contributed by atoms with Gasteiger partial charge in [-0.05, 0) is 32.9 Å². The molecule has 0 bridgehead atoms. The number of fused-ring (bicyclic) bond motifs is 1. The summed E-state index contributed by atoms with van der Waals surface area (Å²) in [6.07, 6.45) is 2.13. The molecule has 2 amide bonds. The first kappa shape index (κ1) is 16.5. The molecule has 0 spiro atoms. The van der Waals surface area contributed by atoms with Crippen molar-refractivity contribution in [3.8, 4) is 0 Å². The number of para-hydroxylation sites is 2. The quantitative estimate of drug-likeness (QED) is 0.861. The number of rotatable bonds is 4. The lowest BCUT2D eigenvalue weighted by Gasteiger charge is -2.45. The number of likely N-dealkylation sites (N-methyl/N-ethyl adjacent to an activating group) is 1. The van der Waals surface area contributed by atoms with E-state index in [1.54, 1.807) is 11.2 Å². The average molecular weight is 328 g/mol. The summed E-state index contributed by atoms with van der Waals surface area (Å²) in [6, 6.07) is 7.87. The maximum absolute atomic E-state index is 12.7. The number of imidazole rings is 1. The minimum atomic E-state index is -0.775. The van der Waals surface area contributed by atoms with Gasteiger partial charge in [0.25, 0.3) is 0 Å². The number of aryl methyl sites for hydroxylation is 1. The Morgan fingerprint density at radius 1 is 1.25 bits per heavy atom. The highest BCUT2D eigenvalue weighted by molar-refractivity contribution is 5.92. The van der Waals surface area contributed by atoms with Crippen LogP contribution in [0.2, 0.25) is 0 Å². The van der Waals surface area contributed by atoms with Crippen molar-refractivity contribution in [3.63, 3.8) is 0 Å². The zero-order valence-corrected chi connectivity index (χ0v) is 14.5. The number of hydrogen-bond donors (Lipinski definition) is 0. The normalized spacial score (nSPS) is 17.5. The summed E-state index contributed by atoms with van der Waals surface area (Å²) in [4.78, 5) is 33.1. The summed E-state index contributed by atoms with van der Waals surface area (Å²) in [5.41, 5.74) is 1.18.